The van der Waals surface area contributed by atoms with E-state index >= 15 is 0 Å². The van der Waals surface area contributed by atoms with E-state index in [-0.39, 0.29) is 0 Å². The Labute approximate surface area is 123 Å². The van der Waals surface area contributed by atoms with Crippen molar-refractivity contribution < 1.29 is 4.52 Å². The van der Waals surface area contributed by atoms with Gasteiger partial charge in [-0.3, -0.25) is 0 Å². The molecule has 0 bridgehead atoms. The lowest BCUT2D eigenvalue weighted by molar-refractivity contribution is -0.580. The van der Waals surface area contributed by atoms with Crippen molar-refractivity contribution in [2.24, 2.45) is 7.05 Å². The second-order valence-electron chi connectivity index (χ2n) is 5.77. The van der Waals surface area contributed by atoms with Gasteiger partial charge in [-0.2, -0.15) is 4.68 Å². The summed E-state index contributed by atoms with van der Waals surface area (Å²) in [5, 5.41) is 2.49. The van der Waals surface area contributed by atoms with Gasteiger partial charge in [-0.15, -0.1) is 0 Å². The zero-order valence-electron chi connectivity index (χ0n) is 12.8. The summed E-state index contributed by atoms with van der Waals surface area (Å²) in [4.78, 5) is 4.67. The lowest BCUT2D eigenvalue weighted by Gasteiger charge is -2.03. The molecule has 0 saturated carbocycles. The van der Waals surface area contributed by atoms with Crippen LogP contribution in [-0.4, -0.2) is 9.67 Å². The molecule has 0 N–H and O–H groups in total. The highest BCUT2D eigenvalue weighted by molar-refractivity contribution is 6.09. The summed E-state index contributed by atoms with van der Waals surface area (Å²) in [7, 11) is 2.12. The average Bonchev–Trinajstić information content (AvgIpc) is 2.73. The van der Waals surface area contributed by atoms with Crippen LogP contribution in [0, 0.1) is 20.8 Å². The van der Waals surface area contributed by atoms with Crippen molar-refractivity contribution >= 4 is 27.3 Å². The molecule has 3 nitrogen and oxygen atoms in total. The maximum Gasteiger partial charge on any atom is 0.265 e. The molecular weight excluding hydrogens is 258 g/mol. The highest BCUT2D eigenvalue weighted by Crippen LogP contribution is 2.28. The normalized spacial score (nSPS) is 11.8. The predicted molar refractivity (Wildman–Crippen MR) is 85.6 cm³/mol. The number of hydrogen-bond donors (Lipinski definition) is 0. The van der Waals surface area contributed by atoms with Crippen LogP contribution >= 0.6 is 0 Å². The minimum Gasteiger partial charge on any atom is -0.249 e. The van der Waals surface area contributed by atoms with Crippen LogP contribution in [-0.2, 0) is 7.05 Å². The van der Waals surface area contributed by atoms with Gasteiger partial charge in [0.1, 0.15) is 5.52 Å². The molecule has 3 heterocycles. The lowest BCUT2D eigenvalue weighted by atomic mass is 10.0. The number of rotatable bonds is 0. The van der Waals surface area contributed by atoms with Crippen LogP contribution in [0.25, 0.3) is 27.3 Å². The fourth-order valence-corrected chi connectivity index (χ4v) is 3.36. The van der Waals surface area contributed by atoms with E-state index in [0.717, 1.165) is 5.52 Å². The van der Waals surface area contributed by atoms with E-state index in [2.05, 4.69) is 72.3 Å². The molecule has 0 atom stereocenters. The molecule has 0 aliphatic carbocycles. The molecule has 3 aromatic heterocycles. The minimum atomic E-state index is 1.07. The molecule has 104 valence electrons. The topological polar surface area (TPSA) is 21.9 Å². The molecule has 0 saturated heterocycles. The van der Waals surface area contributed by atoms with Crippen molar-refractivity contribution in [3.63, 3.8) is 0 Å². The molecule has 4 aromatic rings. The van der Waals surface area contributed by atoms with Crippen LogP contribution in [0.3, 0.4) is 0 Å². The average molecular weight is 276 g/mol. The Bertz CT molecular complexity index is 1030. The summed E-state index contributed by atoms with van der Waals surface area (Å²) in [6.45, 7) is 6.53. The van der Waals surface area contributed by atoms with E-state index in [1.165, 1.54) is 38.6 Å². The molecule has 4 rings (SSSR count). The first-order chi connectivity index (χ1) is 10.1. The molecule has 3 heteroatoms. The minimum absolute atomic E-state index is 1.07. The van der Waals surface area contributed by atoms with Crippen LogP contribution < -0.4 is 4.52 Å². The van der Waals surface area contributed by atoms with Gasteiger partial charge in [-0.1, -0.05) is 22.7 Å². The van der Waals surface area contributed by atoms with E-state index < -0.39 is 0 Å². The fourth-order valence-electron chi connectivity index (χ4n) is 3.36. The summed E-state index contributed by atoms with van der Waals surface area (Å²) >= 11 is 0. The number of benzene rings is 1. The third-order valence-corrected chi connectivity index (χ3v) is 4.67. The van der Waals surface area contributed by atoms with Crippen molar-refractivity contribution in [3.05, 3.63) is 53.3 Å². The van der Waals surface area contributed by atoms with Gasteiger partial charge in [0, 0.05) is 22.7 Å². The van der Waals surface area contributed by atoms with Crippen LogP contribution in [0.2, 0.25) is 0 Å². The summed E-state index contributed by atoms with van der Waals surface area (Å²) in [6, 6.07) is 10.6. The van der Waals surface area contributed by atoms with Crippen LogP contribution in [0.15, 0.2) is 36.5 Å². The smallest absolute Gasteiger partial charge is 0.249 e. The number of nitrogens with zero attached hydrogens (tertiary/aromatic N) is 3. The molecule has 0 amide bonds. The number of aromatic nitrogens is 3. The lowest BCUT2D eigenvalue weighted by Crippen LogP contribution is -2.33. The van der Waals surface area contributed by atoms with Crippen LogP contribution in [0.4, 0.5) is 0 Å². The van der Waals surface area contributed by atoms with E-state index in [1.807, 2.05) is 6.20 Å². The molecule has 0 fully saturated rings. The Hall–Kier alpha value is -2.42. The number of pyridine rings is 2. The summed E-state index contributed by atoms with van der Waals surface area (Å²) in [5.41, 5.74) is 7.43. The summed E-state index contributed by atoms with van der Waals surface area (Å²) < 4.78 is 4.54. The zero-order valence-corrected chi connectivity index (χ0v) is 12.8. The Morgan fingerprint density at radius 3 is 2.43 bits per heavy atom. The highest BCUT2D eigenvalue weighted by atomic mass is 15.4. The van der Waals surface area contributed by atoms with Crippen LogP contribution in [0.5, 0.6) is 0 Å². The maximum atomic E-state index is 4.67. The van der Waals surface area contributed by atoms with Gasteiger partial charge >= 0.3 is 0 Å². The quantitative estimate of drug-likeness (QED) is 0.356. The molecule has 1 aromatic carbocycles. The largest absolute Gasteiger partial charge is 0.265 e. The maximum absolute atomic E-state index is 4.67. The van der Waals surface area contributed by atoms with Gasteiger partial charge in [0.25, 0.3) is 5.52 Å². The molecule has 0 radical (unpaired) electrons. The Balaban J connectivity index is 2.52. The molecule has 21 heavy (non-hydrogen) atoms. The third kappa shape index (κ3) is 1.43. The molecular formula is C18H18N3+. The number of fused-ring (bicyclic) bond motifs is 6. The van der Waals surface area contributed by atoms with Crippen molar-refractivity contribution in [1.29, 1.82) is 0 Å². The molecule has 0 aliphatic rings. The first-order valence-electron chi connectivity index (χ1n) is 7.25. The van der Waals surface area contributed by atoms with E-state index in [1.54, 1.807) is 0 Å². The van der Waals surface area contributed by atoms with Gasteiger partial charge in [-0.05, 0) is 32.9 Å². The van der Waals surface area contributed by atoms with Crippen LogP contribution in [0.1, 0.15) is 16.8 Å². The van der Waals surface area contributed by atoms with Gasteiger partial charge in [0.15, 0.2) is 0 Å². The second-order valence-corrected chi connectivity index (χ2v) is 5.77. The first-order valence-corrected chi connectivity index (χ1v) is 7.25. The summed E-state index contributed by atoms with van der Waals surface area (Å²) in [6.07, 6.45) is 1.90. The van der Waals surface area contributed by atoms with Gasteiger partial charge in [0.2, 0.25) is 5.52 Å². The fraction of sp³-hybridized carbons (Fsp3) is 0.222. The Morgan fingerprint density at radius 1 is 0.952 bits per heavy atom. The van der Waals surface area contributed by atoms with Crippen molar-refractivity contribution in [2.45, 2.75) is 20.8 Å². The van der Waals surface area contributed by atoms with Crippen molar-refractivity contribution in [3.8, 4) is 0 Å². The monoisotopic (exact) mass is 276 g/mol. The standard InChI is InChI=1S/C18H18N3/c1-11-9-10-19-16-14-7-5-6-8-15(14)18-12(2)13(3)20(4)21(18)17(11)16/h5-10H,1-4H3/q+1. The van der Waals surface area contributed by atoms with Gasteiger partial charge < -0.3 is 0 Å². The highest BCUT2D eigenvalue weighted by Gasteiger charge is 2.25. The van der Waals surface area contributed by atoms with Gasteiger partial charge in [-0.25, -0.2) is 4.98 Å². The summed E-state index contributed by atoms with van der Waals surface area (Å²) in [5.74, 6) is 0. The van der Waals surface area contributed by atoms with Crippen molar-refractivity contribution in [2.75, 3.05) is 0 Å². The second kappa shape index (κ2) is 4.04. The molecule has 0 spiro atoms. The first kappa shape index (κ1) is 12.3. The van der Waals surface area contributed by atoms with E-state index in [4.69, 9.17) is 0 Å². The SMILES string of the molecule is Cc1c(C)n(C)[n+]2c1c1ccccc1c1nccc(C)c12. The van der Waals surface area contributed by atoms with Crippen molar-refractivity contribution in [1.82, 2.24) is 9.67 Å². The van der Waals surface area contributed by atoms with E-state index in [0.29, 0.717) is 0 Å². The molecule has 0 unspecified atom stereocenters. The Kier molecular flexibility index (Phi) is 2.37. The Morgan fingerprint density at radius 2 is 1.67 bits per heavy atom. The van der Waals surface area contributed by atoms with Gasteiger partial charge in [0.05, 0.1) is 18.1 Å². The molecule has 0 aliphatic heterocycles. The van der Waals surface area contributed by atoms with E-state index in [9.17, 15) is 0 Å². The number of aryl methyl sites for hydroxylation is 3. The zero-order chi connectivity index (χ0) is 14.7. The number of hydrogen-bond acceptors (Lipinski definition) is 1. The predicted octanol–water partition coefficient (Wildman–Crippen LogP) is 3.39. The third-order valence-electron chi connectivity index (χ3n) is 4.67.